The zero-order chi connectivity index (χ0) is 35.6. The Bertz CT molecular complexity index is 1680. The van der Waals surface area contributed by atoms with Crippen molar-refractivity contribution < 1.29 is 41.9 Å². The number of hydrogen-bond donors (Lipinski definition) is 3. The second-order valence-electron chi connectivity index (χ2n) is 14.2. The van der Waals surface area contributed by atoms with E-state index in [0.29, 0.717) is 25.7 Å². The van der Waals surface area contributed by atoms with E-state index < -0.39 is 80.3 Å². The van der Waals surface area contributed by atoms with Gasteiger partial charge in [-0.25, -0.2) is 18.0 Å². The molecule has 5 rings (SSSR count). The van der Waals surface area contributed by atoms with Gasteiger partial charge in [-0.2, -0.15) is 5.26 Å². The quantitative estimate of drug-likeness (QED) is 0.293. The van der Waals surface area contributed by atoms with Crippen LogP contribution in [0.5, 0.6) is 0 Å². The SMILES string of the molecule is CC(C)(C)OC(=O)N[C@H]1CCCCC/C=C\[C@@H]2C[C@@]2(C(=O)NS(=O)(=O)C2CC2)NC(=O)[C@@H]2C[C@@H](OC(=O)c3cccc(C#N)c3)CN2C1=O. The van der Waals surface area contributed by atoms with Crippen LogP contribution in [0.1, 0.15) is 94.5 Å². The Balaban J connectivity index is 1.43. The van der Waals surface area contributed by atoms with Crippen molar-refractivity contribution in [1.29, 1.82) is 5.26 Å². The highest BCUT2D eigenvalue weighted by molar-refractivity contribution is 7.91. The summed E-state index contributed by atoms with van der Waals surface area (Å²) in [6.07, 6.45) is 5.88. The van der Waals surface area contributed by atoms with Crippen LogP contribution >= 0.6 is 0 Å². The summed E-state index contributed by atoms with van der Waals surface area (Å²) in [5, 5.41) is 14.0. The van der Waals surface area contributed by atoms with Crippen molar-refractivity contribution in [3.8, 4) is 6.07 Å². The number of nitrogens with zero attached hydrogens (tertiary/aromatic N) is 2. The van der Waals surface area contributed by atoms with Gasteiger partial charge in [-0.05, 0) is 77.5 Å². The molecule has 5 atom stereocenters. The Kier molecular flexibility index (Phi) is 10.4. The van der Waals surface area contributed by atoms with Crippen LogP contribution in [0, 0.1) is 17.2 Å². The van der Waals surface area contributed by atoms with Crippen molar-refractivity contribution in [3.63, 3.8) is 0 Å². The van der Waals surface area contributed by atoms with Gasteiger partial charge in [0.2, 0.25) is 21.8 Å². The van der Waals surface area contributed by atoms with E-state index in [1.807, 2.05) is 18.2 Å². The number of benzene rings is 1. The molecule has 0 bridgehead atoms. The molecule has 1 aromatic carbocycles. The van der Waals surface area contributed by atoms with Crippen LogP contribution in [-0.4, -0.2) is 84.2 Å². The van der Waals surface area contributed by atoms with Crippen LogP contribution in [0.2, 0.25) is 0 Å². The number of esters is 1. The number of allylic oxidation sites excluding steroid dienone is 1. The highest BCUT2D eigenvalue weighted by Crippen LogP contribution is 2.46. The van der Waals surface area contributed by atoms with Gasteiger partial charge in [0.1, 0.15) is 29.3 Å². The number of amides is 4. The number of carbonyl (C=O) groups excluding carboxylic acids is 5. The molecule has 2 heterocycles. The van der Waals surface area contributed by atoms with Gasteiger partial charge in [-0.15, -0.1) is 0 Å². The average molecular weight is 698 g/mol. The van der Waals surface area contributed by atoms with E-state index >= 15 is 0 Å². The summed E-state index contributed by atoms with van der Waals surface area (Å²) in [5.41, 5.74) is -2.02. The summed E-state index contributed by atoms with van der Waals surface area (Å²) in [4.78, 5) is 69.0. The number of fused-ring (bicyclic) bond motifs is 2. The summed E-state index contributed by atoms with van der Waals surface area (Å²) >= 11 is 0. The molecule has 14 nitrogen and oxygen atoms in total. The third-order valence-corrected chi connectivity index (χ3v) is 10.9. The van der Waals surface area contributed by atoms with E-state index in [2.05, 4.69) is 15.4 Å². The van der Waals surface area contributed by atoms with E-state index in [9.17, 15) is 37.7 Å². The Morgan fingerprint density at radius 2 is 1.86 bits per heavy atom. The fraction of sp³-hybridized carbons (Fsp3) is 0.588. The molecule has 264 valence electrons. The molecule has 2 aliphatic carbocycles. The van der Waals surface area contributed by atoms with E-state index in [-0.39, 0.29) is 36.9 Å². The number of alkyl carbamates (subject to hydrolysis) is 1. The van der Waals surface area contributed by atoms with Crippen LogP contribution in [-0.2, 0) is 33.9 Å². The largest absolute Gasteiger partial charge is 0.457 e. The first-order chi connectivity index (χ1) is 23.1. The van der Waals surface area contributed by atoms with Crippen molar-refractivity contribution >= 4 is 39.8 Å². The number of sulfonamides is 1. The third kappa shape index (κ3) is 8.78. The van der Waals surface area contributed by atoms with Gasteiger partial charge >= 0.3 is 12.1 Å². The topological polar surface area (TPSA) is 201 Å². The van der Waals surface area contributed by atoms with Crippen LogP contribution in [0.25, 0.3) is 0 Å². The van der Waals surface area contributed by atoms with Crippen molar-refractivity contribution in [2.45, 2.75) is 113 Å². The monoisotopic (exact) mass is 697 g/mol. The predicted molar refractivity (Wildman–Crippen MR) is 175 cm³/mol. The zero-order valence-electron chi connectivity index (χ0n) is 27.9. The molecule has 0 unspecified atom stereocenters. The van der Waals surface area contributed by atoms with Gasteiger partial charge in [-0.3, -0.25) is 19.1 Å². The molecule has 3 fully saturated rings. The molecule has 2 saturated carbocycles. The number of carbonyl (C=O) groups is 5. The molecule has 49 heavy (non-hydrogen) atoms. The minimum absolute atomic E-state index is 0.115. The zero-order valence-corrected chi connectivity index (χ0v) is 28.7. The summed E-state index contributed by atoms with van der Waals surface area (Å²) in [5.74, 6) is -3.38. The minimum atomic E-state index is -3.91. The van der Waals surface area contributed by atoms with Crippen LogP contribution in [0.3, 0.4) is 0 Å². The van der Waals surface area contributed by atoms with Crippen LogP contribution in [0.4, 0.5) is 4.79 Å². The predicted octanol–water partition coefficient (Wildman–Crippen LogP) is 2.58. The van der Waals surface area contributed by atoms with Gasteiger partial charge in [0, 0.05) is 12.3 Å². The van der Waals surface area contributed by atoms with Crippen LogP contribution in [0.15, 0.2) is 36.4 Å². The second kappa shape index (κ2) is 14.2. The summed E-state index contributed by atoms with van der Waals surface area (Å²) in [7, 11) is -3.91. The lowest BCUT2D eigenvalue weighted by Gasteiger charge is -2.30. The Morgan fingerprint density at radius 3 is 2.55 bits per heavy atom. The molecular formula is C34H43N5O9S. The molecular weight excluding hydrogens is 654 g/mol. The lowest BCUT2D eigenvalue weighted by molar-refractivity contribution is -0.141. The maximum Gasteiger partial charge on any atom is 0.408 e. The number of hydrogen-bond acceptors (Lipinski definition) is 10. The average Bonchev–Trinajstić information content (AvgIpc) is 3.95. The highest BCUT2D eigenvalue weighted by atomic mass is 32.2. The smallest absolute Gasteiger partial charge is 0.408 e. The summed E-state index contributed by atoms with van der Waals surface area (Å²) in [6.45, 7) is 4.89. The van der Waals surface area contributed by atoms with Crippen molar-refractivity contribution in [3.05, 3.63) is 47.5 Å². The Morgan fingerprint density at radius 1 is 1.10 bits per heavy atom. The molecule has 15 heteroatoms. The first kappa shape index (κ1) is 35.8. The number of rotatable bonds is 6. The lowest BCUT2D eigenvalue weighted by atomic mass is 10.0. The maximum atomic E-state index is 14.2. The second-order valence-corrected chi connectivity index (χ2v) is 16.1. The van der Waals surface area contributed by atoms with E-state index in [0.717, 1.165) is 12.8 Å². The standard InChI is InChI=1S/C34H43N5O9S/c1-33(2,3)48-32(44)36-26-13-8-6-4-5-7-12-23-18-34(23,31(43)38-49(45,46)25-14-15-25)37-28(40)27-17-24(20-39(27)29(26)41)47-30(42)22-11-9-10-21(16-22)19-35/h7,9-12,16,23-27H,4-6,8,13-15,17-18,20H2,1-3H3,(H,36,44)(H,37,40)(H,38,43)/b12-7-/t23-,24-,26+,27+,34-/m1/s1. The van der Waals surface area contributed by atoms with Gasteiger partial charge in [0.15, 0.2) is 0 Å². The molecule has 1 aromatic rings. The van der Waals surface area contributed by atoms with Gasteiger partial charge < -0.3 is 25.0 Å². The van der Waals surface area contributed by atoms with Crippen molar-refractivity contribution in [1.82, 2.24) is 20.3 Å². The highest BCUT2D eigenvalue weighted by Gasteiger charge is 2.62. The molecule has 3 N–H and O–H groups in total. The Hall–Kier alpha value is -4.45. The number of nitriles is 1. The summed E-state index contributed by atoms with van der Waals surface area (Å²) in [6, 6.07) is 5.59. The fourth-order valence-electron chi connectivity index (χ4n) is 6.23. The number of nitrogens with one attached hydrogen (secondary N) is 3. The van der Waals surface area contributed by atoms with E-state index in [4.69, 9.17) is 9.47 Å². The fourth-order valence-corrected chi connectivity index (χ4v) is 7.60. The minimum Gasteiger partial charge on any atom is -0.457 e. The van der Waals surface area contributed by atoms with Gasteiger partial charge in [0.25, 0.3) is 5.91 Å². The third-order valence-electron chi connectivity index (χ3n) is 9.03. The van der Waals surface area contributed by atoms with Crippen molar-refractivity contribution in [2.24, 2.45) is 5.92 Å². The molecule has 4 aliphatic rings. The van der Waals surface area contributed by atoms with Crippen molar-refractivity contribution in [2.75, 3.05) is 6.54 Å². The first-order valence-corrected chi connectivity index (χ1v) is 18.2. The molecule has 2 aliphatic heterocycles. The van der Waals surface area contributed by atoms with Crippen LogP contribution < -0.4 is 15.4 Å². The molecule has 1 saturated heterocycles. The normalized spacial score (nSPS) is 28.2. The molecule has 0 aromatic heterocycles. The Labute approximate surface area is 286 Å². The molecule has 0 spiro atoms. The van der Waals surface area contributed by atoms with Gasteiger partial charge in [-0.1, -0.05) is 31.1 Å². The molecule has 4 amide bonds. The number of ether oxygens (including phenoxy) is 2. The van der Waals surface area contributed by atoms with Gasteiger partial charge in [0.05, 0.1) is 29.0 Å². The van der Waals surface area contributed by atoms with E-state index in [1.54, 1.807) is 20.8 Å². The lowest BCUT2D eigenvalue weighted by Crippen LogP contribution is -2.58. The first-order valence-electron chi connectivity index (χ1n) is 16.7. The maximum absolute atomic E-state index is 14.2. The summed E-state index contributed by atoms with van der Waals surface area (Å²) < 4.78 is 38.7. The van der Waals surface area contributed by atoms with E-state index in [1.165, 1.54) is 29.2 Å². The molecule has 0 radical (unpaired) electrons.